The Labute approximate surface area is 91.3 Å². The largest absolute Gasteiger partial charge is 0.504 e. The highest BCUT2D eigenvalue weighted by atomic mass is 79.9. The third-order valence-electron chi connectivity index (χ3n) is 1.93. The van der Waals surface area contributed by atoms with Gasteiger partial charge < -0.3 is 15.6 Å². The molecule has 0 saturated carbocycles. The molecule has 0 aliphatic carbocycles. The van der Waals surface area contributed by atoms with Crippen molar-refractivity contribution in [3.05, 3.63) is 34.8 Å². The standard InChI is InChI=1S/C10H12BrNO2/c1-3-7(12)9-6(11)4-5-8(14-2)10(9)13/h3-5,7,13H,1,12H2,2H3/t7-/m1/s1. The number of phenolic OH excluding ortho intramolecular Hbond substituents is 1. The molecule has 0 fully saturated rings. The zero-order chi connectivity index (χ0) is 10.7. The van der Waals surface area contributed by atoms with Crippen LogP contribution in [0.25, 0.3) is 0 Å². The summed E-state index contributed by atoms with van der Waals surface area (Å²) in [7, 11) is 1.49. The molecule has 1 aromatic carbocycles. The van der Waals surface area contributed by atoms with E-state index >= 15 is 0 Å². The minimum Gasteiger partial charge on any atom is -0.504 e. The Hall–Kier alpha value is -1.00. The maximum Gasteiger partial charge on any atom is 0.163 e. The van der Waals surface area contributed by atoms with Crippen LogP contribution in [-0.2, 0) is 0 Å². The van der Waals surface area contributed by atoms with E-state index in [9.17, 15) is 5.11 Å². The van der Waals surface area contributed by atoms with Crippen LogP contribution >= 0.6 is 15.9 Å². The van der Waals surface area contributed by atoms with Crippen LogP contribution < -0.4 is 10.5 Å². The van der Waals surface area contributed by atoms with Gasteiger partial charge in [0.1, 0.15) is 0 Å². The normalized spacial score (nSPS) is 12.2. The van der Waals surface area contributed by atoms with Gasteiger partial charge >= 0.3 is 0 Å². The van der Waals surface area contributed by atoms with Gasteiger partial charge in [0.25, 0.3) is 0 Å². The van der Waals surface area contributed by atoms with E-state index in [1.54, 1.807) is 18.2 Å². The third kappa shape index (κ3) is 1.91. The van der Waals surface area contributed by atoms with Crippen LogP contribution in [0.2, 0.25) is 0 Å². The van der Waals surface area contributed by atoms with E-state index in [2.05, 4.69) is 22.5 Å². The van der Waals surface area contributed by atoms with Gasteiger partial charge in [0.05, 0.1) is 13.2 Å². The van der Waals surface area contributed by atoms with Gasteiger partial charge in [0.2, 0.25) is 0 Å². The van der Waals surface area contributed by atoms with E-state index < -0.39 is 6.04 Å². The lowest BCUT2D eigenvalue weighted by molar-refractivity contribution is 0.369. The first-order valence-corrected chi connectivity index (χ1v) is 4.84. The van der Waals surface area contributed by atoms with Crippen molar-refractivity contribution in [3.63, 3.8) is 0 Å². The molecule has 0 spiro atoms. The van der Waals surface area contributed by atoms with Crippen LogP contribution in [0, 0.1) is 0 Å². The third-order valence-corrected chi connectivity index (χ3v) is 2.63. The van der Waals surface area contributed by atoms with Gasteiger partial charge in [0.15, 0.2) is 11.5 Å². The van der Waals surface area contributed by atoms with Crippen molar-refractivity contribution in [3.8, 4) is 11.5 Å². The molecular weight excluding hydrogens is 246 g/mol. The summed E-state index contributed by atoms with van der Waals surface area (Å²) in [5, 5.41) is 9.79. The summed E-state index contributed by atoms with van der Waals surface area (Å²) in [5.41, 5.74) is 6.34. The molecule has 14 heavy (non-hydrogen) atoms. The monoisotopic (exact) mass is 257 g/mol. The molecule has 1 rings (SSSR count). The predicted octanol–water partition coefficient (Wildman–Crippen LogP) is 2.35. The molecule has 0 aliphatic rings. The number of methoxy groups -OCH3 is 1. The van der Waals surface area contributed by atoms with Gasteiger partial charge in [-0.15, -0.1) is 6.58 Å². The Morgan fingerprint density at radius 1 is 1.64 bits per heavy atom. The molecule has 0 radical (unpaired) electrons. The van der Waals surface area contributed by atoms with E-state index in [-0.39, 0.29) is 5.75 Å². The van der Waals surface area contributed by atoms with Crippen molar-refractivity contribution in [2.45, 2.75) is 6.04 Å². The van der Waals surface area contributed by atoms with Gasteiger partial charge in [-0.3, -0.25) is 0 Å². The second-order valence-electron chi connectivity index (χ2n) is 2.77. The van der Waals surface area contributed by atoms with Gasteiger partial charge in [0, 0.05) is 10.0 Å². The number of ether oxygens (including phenoxy) is 1. The van der Waals surface area contributed by atoms with Crippen molar-refractivity contribution in [2.24, 2.45) is 5.73 Å². The van der Waals surface area contributed by atoms with Crippen molar-refractivity contribution in [2.75, 3.05) is 7.11 Å². The molecule has 0 aliphatic heterocycles. The van der Waals surface area contributed by atoms with Crippen molar-refractivity contribution < 1.29 is 9.84 Å². The van der Waals surface area contributed by atoms with Gasteiger partial charge in [-0.1, -0.05) is 22.0 Å². The summed E-state index contributed by atoms with van der Waals surface area (Å²) in [5.74, 6) is 0.453. The molecule has 1 atom stereocenters. The van der Waals surface area contributed by atoms with E-state index in [0.29, 0.717) is 11.3 Å². The molecule has 0 heterocycles. The Balaban J connectivity index is 3.31. The summed E-state index contributed by atoms with van der Waals surface area (Å²) in [6.45, 7) is 3.58. The molecule has 4 heteroatoms. The highest BCUT2D eigenvalue weighted by Crippen LogP contribution is 2.38. The van der Waals surface area contributed by atoms with E-state index in [1.807, 2.05) is 0 Å². The second-order valence-corrected chi connectivity index (χ2v) is 3.63. The predicted molar refractivity (Wildman–Crippen MR) is 59.5 cm³/mol. The van der Waals surface area contributed by atoms with E-state index in [0.717, 1.165) is 4.47 Å². The van der Waals surface area contributed by atoms with Gasteiger partial charge in [-0.2, -0.15) is 0 Å². The number of hydrogen-bond acceptors (Lipinski definition) is 3. The highest BCUT2D eigenvalue weighted by molar-refractivity contribution is 9.10. The summed E-state index contributed by atoms with van der Waals surface area (Å²) >= 11 is 3.31. The maximum absolute atomic E-state index is 9.79. The first kappa shape index (κ1) is 11.1. The molecule has 0 amide bonds. The lowest BCUT2D eigenvalue weighted by Crippen LogP contribution is -2.08. The molecular formula is C10H12BrNO2. The van der Waals surface area contributed by atoms with E-state index in [1.165, 1.54) is 7.11 Å². The summed E-state index contributed by atoms with van der Waals surface area (Å²) < 4.78 is 5.71. The number of phenols is 1. The second kappa shape index (κ2) is 4.48. The fraction of sp³-hybridized carbons (Fsp3) is 0.200. The molecule has 0 saturated heterocycles. The molecule has 1 aromatic rings. The van der Waals surface area contributed by atoms with Crippen LogP contribution in [0.4, 0.5) is 0 Å². The molecule has 0 unspecified atom stereocenters. The number of benzene rings is 1. The summed E-state index contributed by atoms with van der Waals surface area (Å²) in [6, 6.07) is 3.02. The number of nitrogens with two attached hydrogens (primary N) is 1. The Morgan fingerprint density at radius 3 is 2.79 bits per heavy atom. The molecule has 0 aromatic heterocycles. The van der Waals surface area contributed by atoms with Gasteiger partial charge in [-0.25, -0.2) is 0 Å². The topological polar surface area (TPSA) is 55.5 Å². The first-order chi connectivity index (χ1) is 6.61. The average molecular weight is 258 g/mol. The summed E-state index contributed by atoms with van der Waals surface area (Å²) in [6.07, 6.45) is 1.55. The quantitative estimate of drug-likeness (QED) is 0.818. The molecule has 3 nitrogen and oxygen atoms in total. The van der Waals surface area contributed by atoms with Crippen LogP contribution in [0.3, 0.4) is 0 Å². The Morgan fingerprint density at radius 2 is 2.29 bits per heavy atom. The lowest BCUT2D eigenvalue weighted by Gasteiger charge is -2.14. The zero-order valence-electron chi connectivity index (χ0n) is 7.83. The molecule has 0 bridgehead atoms. The van der Waals surface area contributed by atoms with Gasteiger partial charge in [-0.05, 0) is 12.1 Å². The highest BCUT2D eigenvalue weighted by Gasteiger charge is 2.15. The van der Waals surface area contributed by atoms with Crippen molar-refractivity contribution in [1.29, 1.82) is 0 Å². The maximum atomic E-state index is 9.79. The minimum absolute atomic E-state index is 0.0503. The van der Waals surface area contributed by atoms with Crippen LogP contribution in [0.1, 0.15) is 11.6 Å². The molecule has 3 N–H and O–H groups in total. The van der Waals surface area contributed by atoms with E-state index in [4.69, 9.17) is 10.5 Å². The zero-order valence-corrected chi connectivity index (χ0v) is 9.41. The van der Waals surface area contributed by atoms with Crippen LogP contribution in [-0.4, -0.2) is 12.2 Å². The lowest BCUT2D eigenvalue weighted by atomic mass is 10.1. The smallest absolute Gasteiger partial charge is 0.163 e. The first-order valence-electron chi connectivity index (χ1n) is 4.05. The number of hydrogen-bond donors (Lipinski definition) is 2. The number of halogens is 1. The number of rotatable bonds is 3. The Kier molecular flexibility index (Phi) is 3.55. The minimum atomic E-state index is -0.417. The summed E-state index contributed by atoms with van der Waals surface area (Å²) in [4.78, 5) is 0. The van der Waals surface area contributed by atoms with Crippen molar-refractivity contribution in [1.82, 2.24) is 0 Å². The van der Waals surface area contributed by atoms with Crippen LogP contribution in [0.15, 0.2) is 29.3 Å². The SMILES string of the molecule is C=C[C@@H](N)c1c(Br)ccc(OC)c1O. The fourth-order valence-corrected chi connectivity index (χ4v) is 1.75. The Bertz CT molecular complexity index is 352. The number of aromatic hydroxyl groups is 1. The van der Waals surface area contributed by atoms with Crippen LogP contribution in [0.5, 0.6) is 11.5 Å². The fourth-order valence-electron chi connectivity index (χ4n) is 1.16. The molecule has 76 valence electrons. The average Bonchev–Trinajstić information content (AvgIpc) is 2.18. The van der Waals surface area contributed by atoms with Crippen molar-refractivity contribution >= 4 is 15.9 Å².